The van der Waals surface area contributed by atoms with E-state index in [1.165, 1.54) is 5.56 Å². The van der Waals surface area contributed by atoms with Crippen molar-refractivity contribution in [3.63, 3.8) is 0 Å². The van der Waals surface area contributed by atoms with Gasteiger partial charge in [0.25, 0.3) is 0 Å². The molecule has 0 fully saturated rings. The molecule has 0 amide bonds. The first kappa shape index (κ1) is 12.9. The van der Waals surface area contributed by atoms with Gasteiger partial charge in [0.15, 0.2) is 5.16 Å². The van der Waals surface area contributed by atoms with E-state index in [2.05, 4.69) is 22.1 Å². The molecule has 106 valence electrons. The van der Waals surface area contributed by atoms with Crippen LogP contribution in [0.5, 0.6) is 5.75 Å². The fourth-order valence-corrected chi connectivity index (χ4v) is 4.24. The third kappa shape index (κ3) is 2.34. The molecule has 21 heavy (non-hydrogen) atoms. The van der Waals surface area contributed by atoms with E-state index in [-0.39, 0.29) is 0 Å². The van der Waals surface area contributed by atoms with Crippen molar-refractivity contribution in [1.82, 2.24) is 9.97 Å². The van der Waals surface area contributed by atoms with Gasteiger partial charge in [0, 0.05) is 17.2 Å². The van der Waals surface area contributed by atoms with Crippen LogP contribution in [0.1, 0.15) is 11.5 Å². The molecule has 2 aromatic heterocycles. The fraction of sp³-hybridized carbons (Fsp3) is 0.200. The Labute approximate surface area is 130 Å². The summed E-state index contributed by atoms with van der Waals surface area (Å²) in [5, 5.41) is 3.68. The molecule has 0 spiro atoms. The molecule has 6 heteroatoms. The van der Waals surface area contributed by atoms with Gasteiger partial charge >= 0.3 is 0 Å². The number of benzene rings is 1. The second-order valence-electron chi connectivity index (χ2n) is 4.89. The minimum Gasteiger partial charge on any atom is -0.493 e. The summed E-state index contributed by atoms with van der Waals surface area (Å²) in [5.74, 6) is 2.84. The van der Waals surface area contributed by atoms with E-state index in [0.29, 0.717) is 11.7 Å². The second kappa shape index (κ2) is 5.20. The third-order valence-electron chi connectivity index (χ3n) is 3.55. The first-order chi connectivity index (χ1) is 10.3. The number of fused-ring (bicyclic) bond motifs is 2. The Bertz CT molecular complexity index is 802. The van der Waals surface area contributed by atoms with Crippen molar-refractivity contribution in [1.29, 1.82) is 0 Å². The van der Waals surface area contributed by atoms with Crippen molar-refractivity contribution in [3.05, 3.63) is 41.3 Å². The highest BCUT2D eigenvalue weighted by Crippen LogP contribution is 2.37. The number of rotatable bonds is 3. The van der Waals surface area contributed by atoms with Gasteiger partial charge in [-0.1, -0.05) is 30.0 Å². The van der Waals surface area contributed by atoms with Gasteiger partial charge in [-0.2, -0.15) is 0 Å². The maximum Gasteiger partial charge on any atom is 0.190 e. The maximum atomic E-state index is 5.98. The zero-order valence-corrected chi connectivity index (χ0v) is 12.8. The quantitative estimate of drug-likeness (QED) is 0.591. The van der Waals surface area contributed by atoms with Gasteiger partial charge in [-0.05, 0) is 17.5 Å². The minimum atomic E-state index is 0.384. The Morgan fingerprint density at radius 2 is 2.19 bits per heavy atom. The molecular formula is C15H13N3OS2. The zero-order chi connectivity index (χ0) is 14.2. The smallest absolute Gasteiger partial charge is 0.190 e. The van der Waals surface area contributed by atoms with Crippen molar-refractivity contribution in [2.24, 2.45) is 0 Å². The Morgan fingerprint density at radius 1 is 1.29 bits per heavy atom. The summed E-state index contributed by atoms with van der Waals surface area (Å²) >= 11 is 3.23. The molecule has 3 aromatic rings. The molecule has 1 aliphatic rings. The second-order valence-corrected chi connectivity index (χ2v) is 6.77. The van der Waals surface area contributed by atoms with Gasteiger partial charge in [0.1, 0.15) is 16.4 Å². The van der Waals surface area contributed by atoms with E-state index in [1.807, 2.05) is 23.6 Å². The number of anilines is 1. The molecule has 1 aliphatic heterocycles. The van der Waals surface area contributed by atoms with E-state index < -0.39 is 0 Å². The third-order valence-corrected chi connectivity index (χ3v) is 5.36. The lowest BCUT2D eigenvalue weighted by atomic mass is 10.0. The van der Waals surface area contributed by atoms with Gasteiger partial charge in [-0.15, -0.1) is 11.3 Å². The topological polar surface area (TPSA) is 61.0 Å². The Hall–Kier alpha value is -1.79. The van der Waals surface area contributed by atoms with E-state index in [0.717, 1.165) is 33.5 Å². The number of hydrogen-bond donors (Lipinski definition) is 1. The lowest BCUT2D eigenvalue weighted by Crippen LogP contribution is -2.04. The molecule has 4 rings (SSSR count). The predicted octanol–water partition coefficient (Wildman–Crippen LogP) is 3.54. The number of thioether (sulfide) groups is 1. The average Bonchev–Trinajstić information content (AvgIpc) is 3.12. The predicted molar refractivity (Wildman–Crippen MR) is 87.2 cm³/mol. The van der Waals surface area contributed by atoms with Crippen molar-refractivity contribution in [2.75, 3.05) is 18.1 Å². The molecule has 1 atom stereocenters. The van der Waals surface area contributed by atoms with Gasteiger partial charge in [0.2, 0.25) is 0 Å². The van der Waals surface area contributed by atoms with Crippen LogP contribution < -0.4 is 10.5 Å². The Morgan fingerprint density at radius 3 is 3.14 bits per heavy atom. The standard InChI is InChI=1S/C15H13N3OS2/c16-13-11-5-6-20-14(11)18-15(17-13)21-8-9-7-19-12-4-2-1-3-10(9)12/h1-6,9H,7-8H2,(H2,16,17,18). The number of para-hydroxylation sites is 1. The highest BCUT2D eigenvalue weighted by molar-refractivity contribution is 7.99. The van der Waals surface area contributed by atoms with E-state index in [9.17, 15) is 0 Å². The number of ether oxygens (including phenoxy) is 1. The van der Waals surface area contributed by atoms with Gasteiger partial charge in [-0.3, -0.25) is 0 Å². The molecule has 1 unspecified atom stereocenters. The molecule has 0 aliphatic carbocycles. The zero-order valence-electron chi connectivity index (χ0n) is 11.2. The van der Waals surface area contributed by atoms with Crippen LogP contribution in [0.25, 0.3) is 10.2 Å². The molecule has 4 nitrogen and oxygen atoms in total. The monoisotopic (exact) mass is 315 g/mol. The molecule has 2 N–H and O–H groups in total. The van der Waals surface area contributed by atoms with E-state index in [4.69, 9.17) is 10.5 Å². The minimum absolute atomic E-state index is 0.384. The summed E-state index contributed by atoms with van der Waals surface area (Å²) in [4.78, 5) is 9.90. The average molecular weight is 315 g/mol. The summed E-state index contributed by atoms with van der Waals surface area (Å²) in [6, 6.07) is 10.2. The van der Waals surface area contributed by atoms with Crippen LogP contribution in [0, 0.1) is 0 Å². The highest BCUT2D eigenvalue weighted by atomic mass is 32.2. The molecule has 0 saturated heterocycles. The van der Waals surface area contributed by atoms with E-state index in [1.54, 1.807) is 23.1 Å². The number of aromatic nitrogens is 2. The summed E-state index contributed by atoms with van der Waals surface area (Å²) in [6.07, 6.45) is 0. The molecule has 1 aromatic carbocycles. The summed E-state index contributed by atoms with van der Waals surface area (Å²) in [7, 11) is 0. The number of nitrogen functional groups attached to an aromatic ring is 1. The molecule has 0 bridgehead atoms. The van der Waals surface area contributed by atoms with Gasteiger partial charge in [0.05, 0.1) is 12.0 Å². The fourth-order valence-electron chi connectivity index (χ4n) is 2.46. The van der Waals surface area contributed by atoms with Crippen molar-refractivity contribution in [3.8, 4) is 5.75 Å². The van der Waals surface area contributed by atoms with Crippen LogP contribution >= 0.6 is 23.1 Å². The number of nitrogens with zero attached hydrogens (tertiary/aromatic N) is 2. The largest absolute Gasteiger partial charge is 0.493 e. The van der Waals surface area contributed by atoms with Gasteiger partial charge < -0.3 is 10.5 Å². The molecule has 3 heterocycles. The van der Waals surface area contributed by atoms with E-state index >= 15 is 0 Å². The van der Waals surface area contributed by atoms with Gasteiger partial charge in [-0.25, -0.2) is 9.97 Å². The first-order valence-electron chi connectivity index (χ1n) is 6.66. The highest BCUT2D eigenvalue weighted by Gasteiger charge is 2.24. The Kier molecular flexibility index (Phi) is 3.20. The van der Waals surface area contributed by atoms with Crippen LogP contribution in [-0.2, 0) is 0 Å². The SMILES string of the molecule is Nc1nc(SCC2COc3ccccc32)nc2sccc12. The van der Waals surface area contributed by atoms with Crippen LogP contribution in [0.15, 0.2) is 40.9 Å². The number of nitrogens with two attached hydrogens (primary N) is 1. The molecular weight excluding hydrogens is 302 g/mol. The molecule has 0 radical (unpaired) electrons. The normalized spacial score (nSPS) is 16.9. The number of hydrogen-bond acceptors (Lipinski definition) is 6. The lowest BCUT2D eigenvalue weighted by molar-refractivity contribution is 0.338. The summed E-state index contributed by atoms with van der Waals surface area (Å²) in [6.45, 7) is 0.725. The van der Waals surface area contributed by atoms with Crippen LogP contribution in [0.4, 0.5) is 5.82 Å². The van der Waals surface area contributed by atoms with Crippen LogP contribution in [0.3, 0.4) is 0 Å². The summed E-state index contributed by atoms with van der Waals surface area (Å²) in [5.41, 5.74) is 7.25. The first-order valence-corrected chi connectivity index (χ1v) is 8.53. The number of thiophene rings is 1. The lowest BCUT2D eigenvalue weighted by Gasteiger charge is -2.08. The molecule has 0 saturated carbocycles. The van der Waals surface area contributed by atoms with Crippen LogP contribution in [-0.4, -0.2) is 22.3 Å². The van der Waals surface area contributed by atoms with Crippen LogP contribution in [0.2, 0.25) is 0 Å². The summed E-state index contributed by atoms with van der Waals surface area (Å²) < 4.78 is 5.70. The van der Waals surface area contributed by atoms with Crippen molar-refractivity contribution < 1.29 is 4.74 Å². The maximum absolute atomic E-state index is 5.98. The van der Waals surface area contributed by atoms with Crippen molar-refractivity contribution in [2.45, 2.75) is 11.1 Å². The van der Waals surface area contributed by atoms with Crippen molar-refractivity contribution >= 4 is 39.1 Å². The Balaban J connectivity index is 1.54.